The van der Waals surface area contributed by atoms with Crippen molar-refractivity contribution >= 4 is 45.0 Å². The Hall–Kier alpha value is -7.30. The molecule has 1 aliphatic heterocycles. The normalized spacial score (nSPS) is 15.3. The predicted molar refractivity (Wildman–Crippen MR) is 238 cm³/mol. The van der Waals surface area contributed by atoms with Gasteiger partial charge in [-0.25, -0.2) is 9.98 Å². The first-order chi connectivity index (χ1) is 28.1. The van der Waals surface area contributed by atoms with Crippen molar-refractivity contribution in [1.82, 2.24) is 9.97 Å². The van der Waals surface area contributed by atoms with E-state index in [9.17, 15) is 0 Å². The van der Waals surface area contributed by atoms with Crippen LogP contribution >= 0.6 is 0 Å². The van der Waals surface area contributed by atoms with Crippen molar-refractivity contribution in [2.45, 2.75) is 18.9 Å². The van der Waals surface area contributed by atoms with Gasteiger partial charge in [0.05, 0.1) is 28.5 Å². The van der Waals surface area contributed by atoms with E-state index in [1.54, 1.807) is 0 Å². The maximum absolute atomic E-state index is 5.20. The topological polar surface area (TPSA) is 50.5 Å². The monoisotopic (exact) mass is 730 g/mol. The van der Waals surface area contributed by atoms with E-state index in [1.807, 2.05) is 36.5 Å². The third-order valence-electron chi connectivity index (χ3n) is 11.0. The maximum Gasteiger partial charge on any atom is 0.155 e. The van der Waals surface area contributed by atoms with Crippen molar-refractivity contribution in [3.8, 4) is 22.4 Å². The van der Waals surface area contributed by atoms with Crippen LogP contribution < -0.4 is 0 Å². The predicted octanol–water partition coefficient (Wildman–Crippen LogP) is 12.7. The molecule has 0 saturated heterocycles. The minimum Gasteiger partial charge on any atom is -0.256 e. The number of aromatic nitrogens is 2. The quantitative estimate of drug-likeness (QED) is 0.160. The van der Waals surface area contributed by atoms with Gasteiger partial charge in [-0.2, -0.15) is 0 Å². The Morgan fingerprint density at radius 2 is 1.35 bits per heavy atom. The first kappa shape index (κ1) is 34.2. The van der Waals surface area contributed by atoms with Gasteiger partial charge in [-0.3, -0.25) is 9.98 Å². The van der Waals surface area contributed by atoms with E-state index < -0.39 is 0 Å². The molecule has 0 fully saturated rings. The number of amidine groups is 1. The second-order valence-electron chi connectivity index (χ2n) is 14.7. The van der Waals surface area contributed by atoms with Crippen LogP contribution in [-0.2, 0) is 6.42 Å². The molecule has 10 rings (SSSR count). The van der Waals surface area contributed by atoms with Crippen LogP contribution in [0.2, 0.25) is 0 Å². The third-order valence-corrected chi connectivity index (χ3v) is 11.0. The Kier molecular flexibility index (Phi) is 8.85. The van der Waals surface area contributed by atoms with Crippen molar-refractivity contribution in [3.63, 3.8) is 0 Å². The van der Waals surface area contributed by atoms with E-state index in [0.29, 0.717) is 12.3 Å². The van der Waals surface area contributed by atoms with Gasteiger partial charge in [-0.1, -0.05) is 158 Å². The number of benzene rings is 6. The van der Waals surface area contributed by atoms with E-state index >= 15 is 0 Å². The zero-order valence-corrected chi connectivity index (χ0v) is 31.4. The first-order valence-corrected chi connectivity index (χ1v) is 19.4. The summed E-state index contributed by atoms with van der Waals surface area (Å²) in [5, 5.41) is 2.26. The minimum absolute atomic E-state index is 0.177. The number of para-hydroxylation sites is 1. The summed E-state index contributed by atoms with van der Waals surface area (Å²) < 4.78 is 0. The number of aliphatic imine (C=N–C) groups is 2. The average Bonchev–Trinajstić information content (AvgIpc) is 3.60. The Labute approximate surface area is 332 Å². The molecule has 1 aliphatic carbocycles. The lowest BCUT2D eigenvalue weighted by Gasteiger charge is -2.15. The van der Waals surface area contributed by atoms with E-state index in [0.717, 1.165) is 67.5 Å². The standard InChI is InChI=1S/C53H38N4/c1-35-31-50(56-53(40-13-6-3-7-14-40)57-51(35)38-11-4-2-5-12-38)45-17-8-16-44(34-45)48-29-27-46-33-43(26-28-49(46)55-48)42-24-21-36-20-22-37(23-25-41(36)32-42)47-19-9-15-39-18-10-30-54-52(39)47/h2-24,26-30,32-34,51H,1,25,31H2. The second-order valence-corrected chi connectivity index (χ2v) is 14.7. The first-order valence-electron chi connectivity index (χ1n) is 19.4. The minimum atomic E-state index is -0.177. The van der Waals surface area contributed by atoms with Gasteiger partial charge in [-0.05, 0) is 81.3 Å². The summed E-state index contributed by atoms with van der Waals surface area (Å²) in [6, 6.07) is 57.1. The summed E-state index contributed by atoms with van der Waals surface area (Å²) in [6.45, 7) is 4.52. The smallest absolute Gasteiger partial charge is 0.155 e. The van der Waals surface area contributed by atoms with Crippen LogP contribution in [0.4, 0.5) is 0 Å². The molecule has 1 unspecified atom stereocenters. The molecule has 0 spiro atoms. The van der Waals surface area contributed by atoms with Crippen molar-refractivity contribution in [1.29, 1.82) is 0 Å². The maximum atomic E-state index is 5.20. The highest BCUT2D eigenvalue weighted by molar-refractivity contribution is 6.14. The van der Waals surface area contributed by atoms with Gasteiger partial charge in [0, 0.05) is 40.1 Å². The fraction of sp³-hybridized carbons (Fsp3) is 0.0566. The fourth-order valence-corrected chi connectivity index (χ4v) is 8.01. The van der Waals surface area contributed by atoms with Gasteiger partial charge in [0.1, 0.15) is 0 Å². The summed E-state index contributed by atoms with van der Waals surface area (Å²) in [6.07, 6.45) is 10.1. The third kappa shape index (κ3) is 6.83. The van der Waals surface area contributed by atoms with Crippen LogP contribution in [0, 0.1) is 0 Å². The largest absolute Gasteiger partial charge is 0.256 e. The molecule has 0 saturated carbocycles. The Morgan fingerprint density at radius 3 is 2.25 bits per heavy atom. The number of pyridine rings is 2. The molecule has 0 N–H and O–H groups in total. The van der Waals surface area contributed by atoms with Gasteiger partial charge in [0.25, 0.3) is 0 Å². The molecule has 270 valence electrons. The Balaban J connectivity index is 0.924. The molecule has 8 aromatic rings. The van der Waals surface area contributed by atoms with Gasteiger partial charge in [0.2, 0.25) is 0 Å². The van der Waals surface area contributed by atoms with E-state index in [1.165, 1.54) is 33.4 Å². The van der Waals surface area contributed by atoms with Crippen LogP contribution in [0.1, 0.15) is 45.8 Å². The molecule has 2 aromatic heterocycles. The average molecular weight is 731 g/mol. The van der Waals surface area contributed by atoms with Crippen molar-refractivity contribution in [2.75, 3.05) is 0 Å². The van der Waals surface area contributed by atoms with Crippen LogP contribution in [-0.4, -0.2) is 21.5 Å². The number of hydrogen-bond acceptors (Lipinski definition) is 4. The molecule has 4 nitrogen and oxygen atoms in total. The fourth-order valence-electron chi connectivity index (χ4n) is 8.01. The molecule has 0 radical (unpaired) electrons. The number of allylic oxidation sites excluding steroid dienone is 3. The van der Waals surface area contributed by atoms with Gasteiger partial charge < -0.3 is 0 Å². The summed E-state index contributed by atoms with van der Waals surface area (Å²) >= 11 is 0. The second kappa shape index (κ2) is 14.7. The number of fused-ring (bicyclic) bond motifs is 3. The zero-order valence-electron chi connectivity index (χ0n) is 31.4. The van der Waals surface area contributed by atoms with Gasteiger partial charge >= 0.3 is 0 Å². The number of hydrogen-bond donors (Lipinski definition) is 0. The zero-order chi connectivity index (χ0) is 38.1. The highest BCUT2D eigenvalue weighted by atomic mass is 15.0. The highest BCUT2D eigenvalue weighted by Crippen LogP contribution is 2.34. The summed E-state index contributed by atoms with van der Waals surface area (Å²) in [5.41, 5.74) is 16.3. The van der Waals surface area contributed by atoms with Crippen molar-refractivity contribution in [3.05, 3.63) is 228 Å². The van der Waals surface area contributed by atoms with Gasteiger partial charge in [0.15, 0.2) is 5.84 Å². The molecule has 1 atom stereocenters. The summed E-state index contributed by atoms with van der Waals surface area (Å²) in [5.74, 6) is 0.716. The molecular formula is C53H38N4. The van der Waals surface area contributed by atoms with Crippen LogP contribution in [0.3, 0.4) is 0 Å². The lowest BCUT2D eigenvalue weighted by Crippen LogP contribution is -2.06. The highest BCUT2D eigenvalue weighted by Gasteiger charge is 2.23. The number of rotatable bonds is 6. The van der Waals surface area contributed by atoms with Gasteiger partial charge in [-0.15, -0.1) is 0 Å². The van der Waals surface area contributed by atoms with E-state index in [-0.39, 0.29) is 6.04 Å². The molecule has 2 aliphatic rings. The van der Waals surface area contributed by atoms with E-state index in [2.05, 4.69) is 158 Å². The van der Waals surface area contributed by atoms with Crippen LogP contribution in [0.5, 0.6) is 0 Å². The molecule has 6 aromatic carbocycles. The Morgan fingerprint density at radius 1 is 0.579 bits per heavy atom. The summed E-state index contributed by atoms with van der Waals surface area (Å²) in [7, 11) is 0. The number of nitrogens with zero attached hydrogens (tertiary/aromatic N) is 4. The van der Waals surface area contributed by atoms with Crippen LogP contribution in [0.25, 0.3) is 55.8 Å². The lowest BCUT2D eigenvalue weighted by molar-refractivity contribution is 0.840. The van der Waals surface area contributed by atoms with Crippen LogP contribution in [0.15, 0.2) is 204 Å². The Bertz CT molecular complexity index is 2970. The molecule has 0 bridgehead atoms. The molecule has 57 heavy (non-hydrogen) atoms. The lowest BCUT2D eigenvalue weighted by atomic mass is 9.93. The molecular weight excluding hydrogens is 693 g/mol. The van der Waals surface area contributed by atoms with Crippen molar-refractivity contribution in [2.24, 2.45) is 9.98 Å². The summed E-state index contributed by atoms with van der Waals surface area (Å²) in [4.78, 5) is 20.2. The van der Waals surface area contributed by atoms with E-state index in [4.69, 9.17) is 20.0 Å². The molecule has 3 heterocycles. The molecule has 4 heteroatoms. The van der Waals surface area contributed by atoms with Crippen molar-refractivity contribution < 1.29 is 0 Å². The SMILES string of the molecule is C=C1CC(c2cccc(-c3ccc4cc(-c5ccc6c(c5)CC=C(c5cccc7cccnc57)C=C6)ccc4n3)c2)=NC(c2ccccc2)=NC1c1ccccc1. The molecule has 0 amide bonds.